The van der Waals surface area contributed by atoms with Gasteiger partial charge in [-0.1, -0.05) is 19.9 Å². The number of carbonyl (C=O) groups excluding carboxylic acids is 1. The SMILES string of the molecule is CCOc1cc(/C=C(\C#N)C(=O)C(C)C)ccc1OC. The van der Waals surface area contributed by atoms with Gasteiger partial charge in [0.05, 0.1) is 19.3 Å². The van der Waals surface area contributed by atoms with E-state index in [-0.39, 0.29) is 17.3 Å². The van der Waals surface area contributed by atoms with Crippen LogP contribution in [-0.4, -0.2) is 19.5 Å². The number of carbonyl (C=O) groups is 1. The van der Waals surface area contributed by atoms with Gasteiger partial charge in [-0.05, 0) is 30.7 Å². The van der Waals surface area contributed by atoms with E-state index in [1.165, 1.54) is 0 Å². The van der Waals surface area contributed by atoms with Gasteiger partial charge >= 0.3 is 0 Å². The first-order valence-electron chi connectivity index (χ1n) is 6.50. The normalized spacial score (nSPS) is 11.1. The van der Waals surface area contributed by atoms with Crippen molar-refractivity contribution in [1.82, 2.24) is 0 Å². The van der Waals surface area contributed by atoms with Gasteiger partial charge in [0.2, 0.25) is 0 Å². The Morgan fingerprint density at radius 3 is 2.60 bits per heavy atom. The van der Waals surface area contributed by atoms with Gasteiger partial charge in [0.1, 0.15) is 6.07 Å². The third-order valence-electron chi connectivity index (χ3n) is 2.71. The van der Waals surface area contributed by atoms with Crippen molar-refractivity contribution in [3.8, 4) is 17.6 Å². The summed E-state index contributed by atoms with van der Waals surface area (Å²) in [7, 11) is 1.57. The lowest BCUT2D eigenvalue weighted by Crippen LogP contribution is -2.08. The summed E-state index contributed by atoms with van der Waals surface area (Å²) in [5, 5.41) is 9.09. The lowest BCUT2D eigenvalue weighted by Gasteiger charge is -2.10. The van der Waals surface area contributed by atoms with Gasteiger partial charge < -0.3 is 9.47 Å². The van der Waals surface area contributed by atoms with Crippen LogP contribution in [0.25, 0.3) is 6.08 Å². The summed E-state index contributed by atoms with van der Waals surface area (Å²) in [5.74, 6) is 0.850. The zero-order valence-electron chi connectivity index (χ0n) is 12.3. The molecule has 0 bridgehead atoms. The number of nitrogens with zero attached hydrogens (tertiary/aromatic N) is 1. The molecule has 0 spiro atoms. The molecule has 20 heavy (non-hydrogen) atoms. The fraction of sp³-hybridized carbons (Fsp3) is 0.375. The molecule has 0 N–H and O–H groups in total. The number of benzene rings is 1. The molecule has 0 aliphatic rings. The molecule has 4 nitrogen and oxygen atoms in total. The largest absolute Gasteiger partial charge is 0.493 e. The summed E-state index contributed by atoms with van der Waals surface area (Å²) in [4.78, 5) is 11.9. The molecule has 1 rings (SSSR count). The molecule has 106 valence electrons. The molecular weight excluding hydrogens is 254 g/mol. The minimum Gasteiger partial charge on any atom is -0.493 e. The van der Waals surface area contributed by atoms with Crippen LogP contribution < -0.4 is 9.47 Å². The highest BCUT2D eigenvalue weighted by Crippen LogP contribution is 2.29. The second kappa shape index (κ2) is 7.34. The molecule has 1 aromatic carbocycles. The number of hydrogen-bond donors (Lipinski definition) is 0. The minimum atomic E-state index is -0.203. The zero-order chi connectivity index (χ0) is 15.1. The maximum absolute atomic E-state index is 11.9. The van der Waals surface area contributed by atoms with Crippen LogP contribution in [0.4, 0.5) is 0 Å². The summed E-state index contributed by atoms with van der Waals surface area (Å²) in [5.41, 5.74) is 0.882. The molecule has 0 aliphatic heterocycles. The van der Waals surface area contributed by atoms with Crippen molar-refractivity contribution in [3.63, 3.8) is 0 Å². The fourth-order valence-corrected chi connectivity index (χ4v) is 1.69. The molecule has 0 atom stereocenters. The van der Waals surface area contributed by atoms with Crippen LogP contribution in [0, 0.1) is 17.2 Å². The number of ketones is 1. The zero-order valence-corrected chi connectivity index (χ0v) is 12.3. The van der Waals surface area contributed by atoms with E-state index in [0.29, 0.717) is 18.1 Å². The molecular formula is C16H19NO3. The maximum atomic E-state index is 11.9. The van der Waals surface area contributed by atoms with Crippen molar-refractivity contribution in [2.75, 3.05) is 13.7 Å². The van der Waals surface area contributed by atoms with E-state index in [0.717, 1.165) is 5.56 Å². The van der Waals surface area contributed by atoms with Crippen LogP contribution in [0.1, 0.15) is 26.3 Å². The molecule has 0 aliphatic carbocycles. The average Bonchev–Trinajstić information content (AvgIpc) is 2.44. The van der Waals surface area contributed by atoms with Crippen molar-refractivity contribution < 1.29 is 14.3 Å². The summed E-state index contributed by atoms with van der Waals surface area (Å²) < 4.78 is 10.7. The molecule has 0 radical (unpaired) electrons. The van der Waals surface area contributed by atoms with Gasteiger partial charge in [-0.3, -0.25) is 4.79 Å². The summed E-state index contributed by atoms with van der Waals surface area (Å²) in [6.45, 7) is 5.94. The molecule has 0 heterocycles. The van der Waals surface area contributed by atoms with Gasteiger partial charge in [-0.2, -0.15) is 5.26 Å². The van der Waals surface area contributed by atoms with E-state index in [1.807, 2.05) is 13.0 Å². The lowest BCUT2D eigenvalue weighted by molar-refractivity contribution is -0.117. The molecule has 0 saturated carbocycles. The first-order valence-corrected chi connectivity index (χ1v) is 6.50. The monoisotopic (exact) mass is 273 g/mol. The van der Waals surface area contributed by atoms with Gasteiger partial charge in [0.15, 0.2) is 17.3 Å². The Bertz CT molecular complexity index is 553. The second-order valence-electron chi connectivity index (χ2n) is 4.53. The number of hydrogen-bond acceptors (Lipinski definition) is 4. The Hall–Kier alpha value is -2.28. The fourth-order valence-electron chi connectivity index (χ4n) is 1.69. The Kier molecular flexibility index (Phi) is 5.79. The first-order chi connectivity index (χ1) is 9.53. The quantitative estimate of drug-likeness (QED) is 0.589. The highest BCUT2D eigenvalue weighted by molar-refractivity contribution is 6.04. The minimum absolute atomic E-state index is 0.146. The van der Waals surface area contributed by atoms with Crippen molar-refractivity contribution in [3.05, 3.63) is 29.3 Å². The standard InChI is InChI=1S/C16H19NO3/c1-5-20-15-9-12(6-7-14(15)19-4)8-13(10-17)16(18)11(2)3/h6-9,11H,5H2,1-4H3/b13-8+. The van der Waals surface area contributed by atoms with E-state index < -0.39 is 0 Å². The Balaban J connectivity index is 3.17. The highest BCUT2D eigenvalue weighted by Gasteiger charge is 2.13. The van der Waals surface area contributed by atoms with Gasteiger partial charge in [-0.25, -0.2) is 0 Å². The third kappa shape index (κ3) is 3.86. The van der Waals surface area contributed by atoms with Crippen LogP contribution in [-0.2, 0) is 4.79 Å². The Morgan fingerprint density at radius 2 is 2.10 bits per heavy atom. The van der Waals surface area contributed by atoms with Crippen LogP contribution in [0.5, 0.6) is 11.5 Å². The van der Waals surface area contributed by atoms with Crippen LogP contribution in [0.2, 0.25) is 0 Å². The Morgan fingerprint density at radius 1 is 1.40 bits per heavy atom. The summed E-state index contributed by atoms with van der Waals surface area (Å²) in [6.07, 6.45) is 1.57. The van der Waals surface area contributed by atoms with E-state index >= 15 is 0 Å². The van der Waals surface area contributed by atoms with Crippen LogP contribution in [0.3, 0.4) is 0 Å². The number of nitriles is 1. The molecule has 1 aromatic rings. The van der Waals surface area contributed by atoms with Gasteiger partial charge in [0, 0.05) is 5.92 Å². The first kappa shape index (κ1) is 15.8. The number of Topliss-reactive ketones (excluding diaryl/α,β-unsaturated/α-hetero) is 1. The summed E-state index contributed by atoms with van der Waals surface area (Å²) in [6, 6.07) is 7.25. The van der Waals surface area contributed by atoms with Gasteiger partial charge in [0.25, 0.3) is 0 Å². The van der Waals surface area contributed by atoms with Gasteiger partial charge in [-0.15, -0.1) is 0 Å². The maximum Gasteiger partial charge on any atom is 0.175 e. The highest BCUT2D eigenvalue weighted by atomic mass is 16.5. The van der Waals surface area contributed by atoms with Crippen molar-refractivity contribution in [1.29, 1.82) is 5.26 Å². The predicted molar refractivity (Wildman–Crippen MR) is 77.6 cm³/mol. The molecule has 0 aromatic heterocycles. The predicted octanol–water partition coefficient (Wildman–Crippen LogP) is 3.23. The number of methoxy groups -OCH3 is 1. The van der Waals surface area contributed by atoms with E-state index in [2.05, 4.69) is 0 Å². The molecule has 0 saturated heterocycles. The third-order valence-corrected chi connectivity index (χ3v) is 2.71. The topological polar surface area (TPSA) is 59.3 Å². The van der Waals surface area contributed by atoms with E-state index in [4.69, 9.17) is 14.7 Å². The molecule has 0 amide bonds. The lowest BCUT2D eigenvalue weighted by atomic mass is 10.00. The molecule has 0 fully saturated rings. The smallest absolute Gasteiger partial charge is 0.175 e. The van der Waals surface area contributed by atoms with Crippen molar-refractivity contribution in [2.45, 2.75) is 20.8 Å². The number of allylic oxidation sites excluding steroid dienone is 1. The van der Waals surface area contributed by atoms with E-state index in [1.54, 1.807) is 45.2 Å². The second-order valence-corrected chi connectivity index (χ2v) is 4.53. The molecule has 4 heteroatoms. The number of ether oxygens (including phenoxy) is 2. The Labute approximate surface area is 119 Å². The summed E-state index contributed by atoms with van der Waals surface area (Å²) >= 11 is 0. The van der Waals surface area contributed by atoms with Crippen LogP contribution >= 0.6 is 0 Å². The molecule has 0 unspecified atom stereocenters. The van der Waals surface area contributed by atoms with Crippen molar-refractivity contribution >= 4 is 11.9 Å². The van der Waals surface area contributed by atoms with Crippen molar-refractivity contribution in [2.24, 2.45) is 5.92 Å². The van der Waals surface area contributed by atoms with E-state index in [9.17, 15) is 4.79 Å². The van der Waals surface area contributed by atoms with Crippen LogP contribution in [0.15, 0.2) is 23.8 Å². The number of rotatable bonds is 6. The average molecular weight is 273 g/mol.